The van der Waals surface area contributed by atoms with Gasteiger partial charge in [0.05, 0.1) is 11.7 Å². The summed E-state index contributed by atoms with van der Waals surface area (Å²) in [5.74, 6) is 0.133. The van der Waals surface area contributed by atoms with Crippen LogP contribution in [-0.2, 0) is 9.53 Å². The molecule has 9 nitrogen and oxygen atoms in total. The van der Waals surface area contributed by atoms with Crippen LogP contribution in [0, 0.1) is 0 Å². The molecule has 1 saturated heterocycles. The molecule has 3 amide bonds. The van der Waals surface area contributed by atoms with Gasteiger partial charge < -0.3 is 25.2 Å². The van der Waals surface area contributed by atoms with Crippen molar-refractivity contribution < 1.29 is 19.1 Å². The largest absolute Gasteiger partial charge is 0.459 e. The molecule has 0 bridgehead atoms. The number of carbonyl (C=O) groups is 3. The Morgan fingerprint density at radius 3 is 2.25 bits per heavy atom. The van der Waals surface area contributed by atoms with Crippen LogP contribution >= 0.6 is 0 Å². The van der Waals surface area contributed by atoms with E-state index in [0.717, 1.165) is 5.82 Å². The third kappa shape index (κ3) is 6.19. The average molecular weight is 440 g/mol. The second kappa shape index (κ2) is 10.6. The number of aromatic nitrogens is 1. The molecule has 0 radical (unpaired) electrons. The number of hydrogen-bond donors (Lipinski definition) is 2. The van der Waals surface area contributed by atoms with Crippen LogP contribution in [0.5, 0.6) is 0 Å². The zero-order chi connectivity index (χ0) is 23.1. The van der Waals surface area contributed by atoms with Crippen molar-refractivity contribution in [3.8, 4) is 0 Å². The van der Waals surface area contributed by atoms with Gasteiger partial charge >= 0.3 is 12.0 Å². The smallest absolute Gasteiger partial charge is 0.338 e. The lowest BCUT2D eigenvalue weighted by Crippen LogP contribution is -2.54. The van der Waals surface area contributed by atoms with Gasteiger partial charge in [0.25, 0.3) is 0 Å². The molecule has 9 heteroatoms. The van der Waals surface area contributed by atoms with Crippen LogP contribution in [0.15, 0.2) is 48.7 Å². The topological polar surface area (TPSA) is 104 Å². The number of piperazine rings is 1. The summed E-state index contributed by atoms with van der Waals surface area (Å²) in [6.45, 7) is 7.64. The molecule has 2 heterocycles. The van der Waals surface area contributed by atoms with Gasteiger partial charge in [-0.05, 0) is 57.2 Å². The Morgan fingerprint density at radius 2 is 1.66 bits per heavy atom. The van der Waals surface area contributed by atoms with Gasteiger partial charge in [-0.1, -0.05) is 6.07 Å². The summed E-state index contributed by atoms with van der Waals surface area (Å²) < 4.78 is 5.14. The molecule has 3 rings (SSSR count). The summed E-state index contributed by atoms with van der Waals surface area (Å²) in [5, 5.41) is 5.49. The molecule has 1 aliphatic rings. The molecule has 2 N–H and O–H groups in total. The molecule has 0 saturated carbocycles. The maximum Gasteiger partial charge on any atom is 0.338 e. The number of hydrogen-bond acceptors (Lipinski definition) is 6. The van der Waals surface area contributed by atoms with Gasteiger partial charge in [-0.3, -0.25) is 4.79 Å². The van der Waals surface area contributed by atoms with Crippen LogP contribution in [0.25, 0.3) is 0 Å². The predicted octanol–water partition coefficient (Wildman–Crippen LogP) is 2.51. The molecular formula is C23H29N5O4. The highest BCUT2D eigenvalue weighted by molar-refractivity contribution is 5.97. The van der Waals surface area contributed by atoms with Gasteiger partial charge in [0.15, 0.2) is 0 Å². The molecular weight excluding hydrogens is 410 g/mol. The zero-order valence-electron chi connectivity index (χ0n) is 18.6. The van der Waals surface area contributed by atoms with E-state index in [1.165, 1.54) is 0 Å². The van der Waals surface area contributed by atoms with Gasteiger partial charge in [-0.15, -0.1) is 0 Å². The average Bonchev–Trinajstić information content (AvgIpc) is 2.79. The van der Waals surface area contributed by atoms with E-state index in [9.17, 15) is 14.4 Å². The Balaban J connectivity index is 1.46. The molecule has 32 heavy (non-hydrogen) atoms. The van der Waals surface area contributed by atoms with E-state index in [2.05, 4.69) is 20.5 Å². The van der Waals surface area contributed by atoms with Crippen molar-refractivity contribution in [1.29, 1.82) is 0 Å². The van der Waals surface area contributed by atoms with Crippen LogP contribution in [0.2, 0.25) is 0 Å². The Labute approximate surface area is 187 Å². The summed E-state index contributed by atoms with van der Waals surface area (Å²) in [5.41, 5.74) is 0.934. The van der Waals surface area contributed by atoms with Crippen LogP contribution in [0.1, 0.15) is 31.1 Å². The fourth-order valence-corrected chi connectivity index (χ4v) is 3.24. The van der Waals surface area contributed by atoms with Crippen LogP contribution in [-0.4, -0.2) is 66.1 Å². The normalized spacial score (nSPS) is 14.6. The van der Waals surface area contributed by atoms with E-state index >= 15 is 0 Å². The van der Waals surface area contributed by atoms with Gasteiger partial charge in [-0.2, -0.15) is 0 Å². The van der Waals surface area contributed by atoms with Gasteiger partial charge in [0.1, 0.15) is 11.9 Å². The lowest BCUT2D eigenvalue weighted by atomic mass is 10.2. The lowest BCUT2D eigenvalue weighted by Gasteiger charge is -2.35. The summed E-state index contributed by atoms with van der Waals surface area (Å²) in [6.07, 6.45) is 1.55. The fourth-order valence-electron chi connectivity index (χ4n) is 3.24. The SMILES string of the molecule is CC(C)OC(=O)c1ccc(NC(=O)[C@@H](C)NC(=O)N2CCN(c3ccccn3)CC2)cc1. The van der Waals surface area contributed by atoms with E-state index in [1.807, 2.05) is 18.2 Å². The third-order valence-corrected chi connectivity index (χ3v) is 5.00. The summed E-state index contributed by atoms with van der Waals surface area (Å²) in [4.78, 5) is 45.1. The van der Waals surface area contributed by atoms with Crippen molar-refractivity contribution in [1.82, 2.24) is 15.2 Å². The fraction of sp³-hybridized carbons (Fsp3) is 0.391. The third-order valence-electron chi connectivity index (χ3n) is 5.00. The first kappa shape index (κ1) is 23.1. The van der Waals surface area contributed by atoms with Crippen molar-refractivity contribution >= 4 is 29.4 Å². The maximum atomic E-state index is 12.6. The number of anilines is 2. The number of rotatable bonds is 6. The molecule has 1 fully saturated rings. The molecule has 1 atom stereocenters. The molecule has 2 aromatic rings. The number of amides is 3. The minimum Gasteiger partial charge on any atom is -0.459 e. The first-order valence-electron chi connectivity index (χ1n) is 10.7. The Kier molecular flexibility index (Phi) is 7.64. The van der Waals surface area contributed by atoms with Crippen molar-refractivity contribution in [3.05, 3.63) is 54.2 Å². The number of benzene rings is 1. The second-order valence-corrected chi connectivity index (χ2v) is 7.85. The van der Waals surface area contributed by atoms with Gasteiger partial charge in [0.2, 0.25) is 5.91 Å². The minimum absolute atomic E-state index is 0.204. The van der Waals surface area contributed by atoms with Crippen molar-refractivity contribution in [2.75, 3.05) is 36.4 Å². The number of urea groups is 1. The molecule has 0 aliphatic carbocycles. The molecule has 0 unspecified atom stereocenters. The van der Waals surface area contributed by atoms with Crippen molar-refractivity contribution in [2.24, 2.45) is 0 Å². The first-order valence-corrected chi connectivity index (χ1v) is 10.7. The Morgan fingerprint density at radius 1 is 0.969 bits per heavy atom. The molecule has 1 aromatic carbocycles. The van der Waals surface area contributed by atoms with Crippen LogP contribution in [0.3, 0.4) is 0 Å². The van der Waals surface area contributed by atoms with Crippen LogP contribution < -0.4 is 15.5 Å². The minimum atomic E-state index is -0.720. The Hall–Kier alpha value is -3.62. The maximum absolute atomic E-state index is 12.6. The molecule has 170 valence electrons. The highest BCUT2D eigenvalue weighted by Crippen LogP contribution is 2.14. The van der Waals surface area contributed by atoms with Gasteiger partial charge in [0, 0.05) is 38.1 Å². The number of nitrogens with one attached hydrogen (secondary N) is 2. The van der Waals surface area contributed by atoms with E-state index in [1.54, 1.807) is 56.1 Å². The molecule has 1 aliphatic heterocycles. The standard InChI is InChI=1S/C23H29N5O4/c1-16(2)32-22(30)18-7-9-19(10-8-18)26-21(29)17(3)25-23(31)28-14-12-27(13-15-28)20-6-4-5-11-24-20/h4-11,16-17H,12-15H2,1-3H3,(H,25,31)(H,26,29)/t17-/m1/s1. The van der Waals surface area contributed by atoms with E-state index in [4.69, 9.17) is 4.74 Å². The quantitative estimate of drug-likeness (QED) is 0.671. The summed E-state index contributed by atoms with van der Waals surface area (Å²) >= 11 is 0. The lowest BCUT2D eigenvalue weighted by molar-refractivity contribution is -0.117. The first-order chi connectivity index (χ1) is 15.3. The van der Waals surface area contributed by atoms with E-state index in [-0.39, 0.29) is 18.0 Å². The summed E-state index contributed by atoms with van der Waals surface area (Å²) in [6, 6.07) is 11.2. The van der Waals surface area contributed by atoms with Crippen molar-refractivity contribution in [2.45, 2.75) is 32.9 Å². The predicted molar refractivity (Wildman–Crippen MR) is 122 cm³/mol. The van der Waals surface area contributed by atoms with E-state index in [0.29, 0.717) is 37.4 Å². The van der Waals surface area contributed by atoms with Crippen LogP contribution in [0.4, 0.5) is 16.3 Å². The molecule has 0 spiro atoms. The zero-order valence-corrected chi connectivity index (χ0v) is 18.6. The highest BCUT2D eigenvalue weighted by atomic mass is 16.5. The number of esters is 1. The monoisotopic (exact) mass is 439 g/mol. The second-order valence-electron chi connectivity index (χ2n) is 7.85. The number of ether oxygens (including phenoxy) is 1. The molecule has 1 aromatic heterocycles. The number of pyridine rings is 1. The van der Waals surface area contributed by atoms with Gasteiger partial charge in [-0.25, -0.2) is 14.6 Å². The Bertz CT molecular complexity index is 925. The number of nitrogens with zero attached hydrogens (tertiary/aromatic N) is 3. The van der Waals surface area contributed by atoms with E-state index < -0.39 is 12.0 Å². The highest BCUT2D eigenvalue weighted by Gasteiger charge is 2.24. The van der Waals surface area contributed by atoms with Crippen molar-refractivity contribution in [3.63, 3.8) is 0 Å². The summed E-state index contributed by atoms with van der Waals surface area (Å²) in [7, 11) is 0. The number of carbonyl (C=O) groups excluding carboxylic acids is 3.